The van der Waals surface area contributed by atoms with Crippen LogP contribution in [0.15, 0.2) is 60.7 Å². The number of hydrogen-bond donors (Lipinski definition) is 2. The minimum absolute atomic E-state index is 0.391. The second kappa shape index (κ2) is 7.36. The van der Waals surface area contributed by atoms with Gasteiger partial charge in [0, 0.05) is 35.7 Å². The lowest BCUT2D eigenvalue weighted by atomic mass is 10.1. The van der Waals surface area contributed by atoms with Crippen molar-refractivity contribution < 1.29 is 9.90 Å². The van der Waals surface area contributed by atoms with Gasteiger partial charge in [-0.2, -0.15) is 0 Å². The van der Waals surface area contributed by atoms with Crippen molar-refractivity contribution in [2.75, 3.05) is 0 Å². The molecule has 1 heterocycles. The summed E-state index contributed by atoms with van der Waals surface area (Å²) in [6, 6.07) is 20.0. The van der Waals surface area contributed by atoms with Crippen LogP contribution in [0.5, 0.6) is 0 Å². The van der Waals surface area contributed by atoms with Gasteiger partial charge in [-0.25, -0.2) is 4.79 Å². The van der Waals surface area contributed by atoms with Crippen LogP contribution in [-0.2, 0) is 13.1 Å². The van der Waals surface area contributed by atoms with Crippen molar-refractivity contribution in [1.82, 2.24) is 9.88 Å². The fourth-order valence-corrected chi connectivity index (χ4v) is 3.29. The number of para-hydroxylation sites is 1. The van der Waals surface area contributed by atoms with Gasteiger partial charge in [-0.1, -0.05) is 48.5 Å². The number of benzene rings is 2. The molecule has 0 atom stereocenters. The van der Waals surface area contributed by atoms with Crippen molar-refractivity contribution in [3.63, 3.8) is 0 Å². The number of nitrogens with one attached hydrogen (secondary N) is 1. The maximum absolute atomic E-state index is 11.8. The molecule has 0 spiro atoms. The van der Waals surface area contributed by atoms with E-state index in [4.69, 9.17) is 0 Å². The molecule has 0 aliphatic carbocycles. The first-order valence-electron chi connectivity index (χ1n) is 8.33. The van der Waals surface area contributed by atoms with E-state index in [2.05, 4.69) is 17.4 Å². The molecular formula is C21H22N2O2. The molecule has 2 N–H and O–H groups in total. The fourth-order valence-electron chi connectivity index (χ4n) is 3.29. The van der Waals surface area contributed by atoms with Crippen molar-refractivity contribution in [3.05, 3.63) is 88.7 Å². The van der Waals surface area contributed by atoms with Gasteiger partial charge in [0.15, 0.2) is 0 Å². The Kier molecular flexibility index (Phi) is 5.00. The molecular weight excluding hydrogens is 312 g/mol. The molecule has 0 amide bonds. The number of carboxylic acids is 1. The molecule has 0 aliphatic rings. The lowest BCUT2D eigenvalue weighted by Crippen LogP contribution is -2.15. The highest BCUT2D eigenvalue weighted by Crippen LogP contribution is 2.26. The first-order chi connectivity index (χ1) is 12.1. The number of nitrogens with zero attached hydrogens (tertiary/aromatic N) is 1. The Balaban J connectivity index is 1.91. The minimum atomic E-state index is -0.883. The Bertz CT molecular complexity index is 868. The standard InChI is InChI=1S/C21H22N2O2/c1-15-19(14-22-13-17-9-5-3-6-10-17)20(21(24)25)16(2)23(15)18-11-7-4-8-12-18/h3-12,22H,13-14H2,1-2H3,(H,24,25). The predicted octanol–water partition coefficient (Wildman–Crippen LogP) is 4.08. The Labute approximate surface area is 147 Å². The third kappa shape index (κ3) is 3.49. The normalized spacial score (nSPS) is 10.8. The first kappa shape index (κ1) is 17.0. The first-order valence-corrected chi connectivity index (χ1v) is 8.33. The third-order valence-electron chi connectivity index (χ3n) is 4.47. The fraction of sp³-hybridized carbons (Fsp3) is 0.190. The van der Waals surface area contributed by atoms with Gasteiger partial charge < -0.3 is 15.0 Å². The van der Waals surface area contributed by atoms with Gasteiger partial charge in [0.2, 0.25) is 0 Å². The van der Waals surface area contributed by atoms with Gasteiger partial charge in [-0.05, 0) is 31.5 Å². The van der Waals surface area contributed by atoms with Crippen molar-refractivity contribution in [2.45, 2.75) is 26.9 Å². The summed E-state index contributed by atoms with van der Waals surface area (Å²) >= 11 is 0. The molecule has 25 heavy (non-hydrogen) atoms. The number of hydrogen-bond acceptors (Lipinski definition) is 2. The zero-order valence-electron chi connectivity index (χ0n) is 14.5. The topological polar surface area (TPSA) is 54.3 Å². The minimum Gasteiger partial charge on any atom is -0.478 e. The molecule has 1 aromatic heterocycles. The molecule has 0 radical (unpaired) electrons. The zero-order chi connectivity index (χ0) is 17.8. The van der Waals surface area contributed by atoms with Crippen molar-refractivity contribution in [1.29, 1.82) is 0 Å². The SMILES string of the molecule is Cc1c(CNCc2ccccc2)c(C(=O)O)c(C)n1-c1ccccc1. The summed E-state index contributed by atoms with van der Waals surface area (Å²) < 4.78 is 2.02. The van der Waals surface area contributed by atoms with Gasteiger partial charge >= 0.3 is 5.97 Å². The molecule has 0 saturated heterocycles. The molecule has 0 saturated carbocycles. The summed E-state index contributed by atoms with van der Waals surface area (Å²) in [4.78, 5) is 11.8. The Morgan fingerprint density at radius 1 is 0.920 bits per heavy atom. The van der Waals surface area contributed by atoms with Crippen LogP contribution >= 0.6 is 0 Å². The van der Waals surface area contributed by atoms with E-state index in [1.54, 1.807) is 0 Å². The average Bonchev–Trinajstić information content (AvgIpc) is 2.87. The Morgan fingerprint density at radius 3 is 2.12 bits per heavy atom. The summed E-state index contributed by atoms with van der Waals surface area (Å²) in [7, 11) is 0. The average molecular weight is 334 g/mol. The van der Waals surface area contributed by atoms with Crippen LogP contribution in [0.4, 0.5) is 0 Å². The zero-order valence-corrected chi connectivity index (χ0v) is 14.5. The van der Waals surface area contributed by atoms with Crippen LogP contribution in [0.1, 0.15) is 32.9 Å². The van der Waals surface area contributed by atoms with Gasteiger partial charge in [0.05, 0.1) is 5.56 Å². The monoisotopic (exact) mass is 334 g/mol. The highest BCUT2D eigenvalue weighted by molar-refractivity contribution is 5.91. The molecule has 4 heteroatoms. The highest BCUT2D eigenvalue weighted by Gasteiger charge is 2.22. The number of aromatic nitrogens is 1. The number of carbonyl (C=O) groups is 1. The van der Waals surface area contributed by atoms with Gasteiger partial charge in [0.1, 0.15) is 0 Å². The molecule has 0 unspecified atom stereocenters. The Morgan fingerprint density at radius 2 is 1.52 bits per heavy atom. The van der Waals surface area contributed by atoms with Gasteiger partial charge in [-0.15, -0.1) is 0 Å². The smallest absolute Gasteiger partial charge is 0.337 e. The molecule has 2 aromatic carbocycles. The summed E-state index contributed by atoms with van der Waals surface area (Å²) in [5.41, 5.74) is 5.10. The van der Waals surface area contributed by atoms with Gasteiger partial charge in [-0.3, -0.25) is 0 Å². The number of aromatic carboxylic acids is 1. The lowest BCUT2D eigenvalue weighted by molar-refractivity contribution is 0.0695. The second-order valence-corrected chi connectivity index (χ2v) is 6.09. The van der Waals surface area contributed by atoms with E-state index in [1.165, 1.54) is 5.56 Å². The Hall–Kier alpha value is -2.85. The summed E-state index contributed by atoms with van der Waals surface area (Å²) in [5, 5.41) is 13.1. The quantitative estimate of drug-likeness (QED) is 0.714. The lowest BCUT2D eigenvalue weighted by Gasteiger charge is -2.10. The molecule has 4 nitrogen and oxygen atoms in total. The number of carboxylic acid groups (broad SMARTS) is 1. The van der Waals surface area contributed by atoms with E-state index in [9.17, 15) is 9.90 Å². The van der Waals surface area contributed by atoms with Crippen LogP contribution in [0.2, 0.25) is 0 Å². The van der Waals surface area contributed by atoms with Crippen LogP contribution in [-0.4, -0.2) is 15.6 Å². The second-order valence-electron chi connectivity index (χ2n) is 6.09. The molecule has 128 valence electrons. The number of rotatable bonds is 6. The van der Waals surface area contributed by atoms with Crippen LogP contribution < -0.4 is 5.32 Å². The largest absolute Gasteiger partial charge is 0.478 e. The van der Waals surface area contributed by atoms with E-state index < -0.39 is 5.97 Å². The van der Waals surface area contributed by atoms with E-state index >= 15 is 0 Å². The molecule has 0 fully saturated rings. The van der Waals surface area contributed by atoms with Crippen LogP contribution in [0, 0.1) is 13.8 Å². The van der Waals surface area contributed by atoms with Crippen LogP contribution in [0.3, 0.4) is 0 Å². The highest BCUT2D eigenvalue weighted by atomic mass is 16.4. The van der Waals surface area contributed by atoms with E-state index in [0.29, 0.717) is 18.7 Å². The summed E-state index contributed by atoms with van der Waals surface area (Å²) in [6.45, 7) is 5.06. The van der Waals surface area contributed by atoms with Crippen LogP contribution in [0.25, 0.3) is 5.69 Å². The third-order valence-corrected chi connectivity index (χ3v) is 4.47. The summed E-state index contributed by atoms with van der Waals surface area (Å²) in [6.07, 6.45) is 0. The maximum atomic E-state index is 11.8. The molecule has 0 bridgehead atoms. The predicted molar refractivity (Wildman–Crippen MR) is 99.2 cm³/mol. The summed E-state index contributed by atoms with van der Waals surface area (Å²) in [5.74, 6) is -0.883. The van der Waals surface area contributed by atoms with E-state index in [1.807, 2.05) is 66.9 Å². The van der Waals surface area contributed by atoms with Crippen molar-refractivity contribution >= 4 is 5.97 Å². The van der Waals surface area contributed by atoms with Crippen molar-refractivity contribution in [2.24, 2.45) is 0 Å². The molecule has 3 rings (SSSR count). The maximum Gasteiger partial charge on any atom is 0.337 e. The molecule has 0 aliphatic heterocycles. The molecule has 3 aromatic rings. The van der Waals surface area contributed by atoms with E-state index in [-0.39, 0.29) is 0 Å². The van der Waals surface area contributed by atoms with E-state index in [0.717, 1.165) is 22.6 Å². The van der Waals surface area contributed by atoms with Gasteiger partial charge in [0.25, 0.3) is 0 Å². The van der Waals surface area contributed by atoms with Crippen molar-refractivity contribution in [3.8, 4) is 5.69 Å².